The summed E-state index contributed by atoms with van der Waals surface area (Å²) in [7, 11) is 0. The Balaban J connectivity index is 1.38. The fraction of sp³-hybridized carbons (Fsp3) is 0.314. The predicted octanol–water partition coefficient (Wildman–Crippen LogP) is 7.00. The first-order valence-corrected chi connectivity index (χ1v) is 16.0. The molecule has 4 amide bonds. The zero-order chi connectivity index (χ0) is 32.1. The van der Waals surface area contributed by atoms with Gasteiger partial charge in [-0.25, -0.2) is 9.29 Å². The quantitative estimate of drug-likeness (QED) is 0.236. The lowest BCUT2D eigenvalue weighted by atomic mass is 9.51. The summed E-state index contributed by atoms with van der Waals surface area (Å²) in [5.41, 5.74) is 2.22. The number of amides is 4. The Labute approximate surface area is 272 Å². The molecule has 230 valence electrons. The molecule has 1 saturated carbocycles. The number of fused-ring (bicyclic) bond motifs is 4. The lowest BCUT2D eigenvalue weighted by Crippen LogP contribution is -2.49. The van der Waals surface area contributed by atoms with Gasteiger partial charge in [-0.3, -0.25) is 24.1 Å². The minimum Gasteiger partial charge on any atom is -0.507 e. The van der Waals surface area contributed by atoms with E-state index in [1.807, 2.05) is 18.2 Å². The van der Waals surface area contributed by atoms with Crippen molar-refractivity contribution < 1.29 is 28.7 Å². The molecule has 2 saturated heterocycles. The maximum Gasteiger partial charge on any atom is 0.241 e. The van der Waals surface area contributed by atoms with Gasteiger partial charge in [0.25, 0.3) is 0 Å². The summed E-state index contributed by atoms with van der Waals surface area (Å²) in [6.45, 7) is 5.34. The molecule has 3 aromatic rings. The van der Waals surface area contributed by atoms with Gasteiger partial charge in [0.05, 0.1) is 39.6 Å². The second kappa shape index (κ2) is 10.4. The number of nitrogens with zero attached hydrogens (tertiary/aromatic N) is 2. The number of carbonyl (C=O) groups excluding carboxylic acids is 4. The van der Waals surface area contributed by atoms with Crippen LogP contribution >= 0.6 is 27.5 Å². The first kappa shape index (κ1) is 29.9. The number of hydrogen-bond acceptors (Lipinski definition) is 5. The smallest absolute Gasteiger partial charge is 0.241 e. The summed E-state index contributed by atoms with van der Waals surface area (Å²) in [6, 6.07) is 14.4. The van der Waals surface area contributed by atoms with E-state index in [0.717, 1.165) is 26.6 Å². The summed E-state index contributed by atoms with van der Waals surface area (Å²) in [5, 5.41) is 10.4. The molecule has 2 aliphatic heterocycles. The standard InChI is InChI=1S/C35H29BrClFN2O5/c1-16-12-18(13-17(2)30(16)41)29-22-9-10-23-28(33(44)39(31(23)42)20-6-4-19(36)5-7-20)24(22)15-25-32(43)40(34(45)35(25,29)3)21-8-11-27(38)26(37)14-21/h4-9,11-14,23-25,28-29,41H,10,15H2,1-3H3/t23-,24+,25-,28-,29-,35+/m0/s1. The van der Waals surface area contributed by atoms with Crippen molar-refractivity contribution in [3.63, 3.8) is 0 Å². The highest BCUT2D eigenvalue weighted by atomic mass is 79.9. The van der Waals surface area contributed by atoms with E-state index in [4.69, 9.17) is 11.6 Å². The molecule has 3 aromatic carbocycles. The van der Waals surface area contributed by atoms with Crippen LogP contribution in [0.15, 0.2) is 70.7 Å². The third kappa shape index (κ3) is 4.19. The van der Waals surface area contributed by atoms with Gasteiger partial charge in [0.15, 0.2) is 0 Å². The van der Waals surface area contributed by atoms with E-state index in [-0.39, 0.29) is 34.7 Å². The maximum absolute atomic E-state index is 14.5. The van der Waals surface area contributed by atoms with Crippen molar-refractivity contribution in [1.82, 2.24) is 0 Å². The van der Waals surface area contributed by atoms with Crippen molar-refractivity contribution in [1.29, 1.82) is 0 Å². The topological polar surface area (TPSA) is 95.0 Å². The second-order valence-corrected chi connectivity index (χ2v) is 14.1. The fourth-order valence-electron chi connectivity index (χ4n) is 8.27. The van der Waals surface area contributed by atoms with E-state index in [0.29, 0.717) is 23.2 Å². The molecule has 3 fully saturated rings. The van der Waals surface area contributed by atoms with Gasteiger partial charge in [-0.15, -0.1) is 0 Å². The molecular weight excluding hydrogens is 663 g/mol. The van der Waals surface area contributed by atoms with Crippen molar-refractivity contribution >= 4 is 62.5 Å². The summed E-state index contributed by atoms with van der Waals surface area (Å²) in [4.78, 5) is 59.1. The number of rotatable bonds is 3. The number of allylic oxidation sites excluding steroid dienone is 2. The van der Waals surface area contributed by atoms with Gasteiger partial charge in [0.1, 0.15) is 11.6 Å². The Bertz CT molecular complexity index is 1850. The highest BCUT2D eigenvalue weighted by Crippen LogP contribution is 2.64. The highest BCUT2D eigenvalue weighted by Gasteiger charge is 2.67. The number of phenolic OH excluding ortho intramolecular Hbond substituents is 1. The molecule has 1 N–H and O–H groups in total. The van der Waals surface area contributed by atoms with E-state index in [1.54, 1.807) is 45.0 Å². The molecule has 2 heterocycles. The first-order chi connectivity index (χ1) is 21.3. The number of hydrogen-bond donors (Lipinski definition) is 1. The molecule has 2 aliphatic carbocycles. The Kier molecular flexibility index (Phi) is 6.87. The number of phenols is 1. The van der Waals surface area contributed by atoms with E-state index < -0.39 is 52.6 Å². The second-order valence-electron chi connectivity index (χ2n) is 12.8. The van der Waals surface area contributed by atoms with Crippen molar-refractivity contribution in [2.75, 3.05) is 9.80 Å². The number of aromatic hydroxyl groups is 1. The zero-order valence-electron chi connectivity index (χ0n) is 24.7. The van der Waals surface area contributed by atoms with Crippen LogP contribution in [0, 0.1) is 48.8 Å². The fourth-order valence-corrected chi connectivity index (χ4v) is 8.71. The largest absolute Gasteiger partial charge is 0.507 e. The Morgan fingerprint density at radius 1 is 0.889 bits per heavy atom. The van der Waals surface area contributed by atoms with E-state index in [9.17, 15) is 28.7 Å². The van der Waals surface area contributed by atoms with E-state index in [2.05, 4.69) is 15.9 Å². The molecule has 0 radical (unpaired) electrons. The summed E-state index contributed by atoms with van der Waals surface area (Å²) < 4.78 is 14.9. The van der Waals surface area contributed by atoms with Crippen LogP contribution in [-0.2, 0) is 19.2 Å². The number of anilines is 2. The molecule has 0 unspecified atom stereocenters. The van der Waals surface area contributed by atoms with Crippen molar-refractivity contribution in [2.45, 2.75) is 39.5 Å². The zero-order valence-corrected chi connectivity index (χ0v) is 27.0. The molecule has 0 aromatic heterocycles. The lowest BCUT2D eigenvalue weighted by molar-refractivity contribution is -0.131. The summed E-state index contributed by atoms with van der Waals surface area (Å²) >= 11 is 9.48. The number of imide groups is 2. The summed E-state index contributed by atoms with van der Waals surface area (Å²) in [5.74, 6) is -5.26. The molecule has 10 heteroatoms. The van der Waals surface area contributed by atoms with Crippen LogP contribution in [0.25, 0.3) is 0 Å². The molecule has 6 atom stereocenters. The Morgan fingerprint density at radius 3 is 2.18 bits per heavy atom. The number of carbonyl (C=O) groups is 4. The first-order valence-electron chi connectivity index (χ1n) is 14.8. The van der Waals surface area contributed by atoms with E-state index >= 15 is 0 Å². The molecule has 0 spiro atoms. The third-order valence-corrected chi connectivity index (χ3v) is 11.2. The Hall–Kier alpha value is -3.82. The van der Waals surface area contributed by atoms with Crippen LogP contribution in [-0.4, -0.2) is 28.7 Å². The number of benzene rings is 3. The molecule has 45 heavy (non-hydrogen) atoms. The summed E-state index contributed by atoms with van der Waals surface area (Å²) in [6.07, 6.45) is 2.50. The van der Waals surface area contributed by atoms with Gasteiger partial charge in [-0.05, 0) is 98.7 Å². The third-order valence-electron chi connectivity index (χ3n) is 10.4. The van der Waals surface area contributed by atoms with Crippen molar-refractivity contribution in [2.24, 2.45) is 29.1 Å². The Morgan fingerprint density at radius 2 is 1.53 bits per heavy atom. The molecular formula is C35H29BrClFN2O5. The molecule has 7 rings (SSSR count). The minimum absolute atomic E-state index is 0.142. The molecule has 4 aliphatic rings. The van der Waals surface area contributed by atoms with Gasteiger partial charge in [-0.2, -0.15) is 0 Å². The normalized spacial score (nSPS) is 29.1. The van der Waals surface area contributed by atoms with Gasteiger partial charge in [0, 0.05) is 10.4 Å². The number of aryl methyl sites for hydroxylation is 2. The van der Waals surface area contributed by atoms with Gasteiger partial charge in [0.2, 0.25) is 23.6 Å². The molecule has 0 bridgehead atoms. The lowest BCUT2D eigenvalue weighted by Gasteiger charge is -2.49. The van der Waals surface area contributed by atoms with Gasteiger partial charge in [-0.1, -0.05) is 51.3 Å². The SMILES string of the molecule is Cc1cc([C@H]2C3=CC[C@@H]4C(=O)N(c5ccc(Br)cc5)C(=O)[C@@H]4[C@@H]3C[C@H]3C(=O)N(c4ccc(F)c(Cl)c4)C(=O)[C@@]23C)cc(C)c1O. The van der Waals surface area contributed by atoms with Crippen molar-refractivity contribution in [3.05, 3.63) is 98.2 Å². The minimum atomic E-state index is -1.26. The van der Waals surface area contributed by atoms with Crippen molar-refractivity contribution in [3.8, 4) is 5.75 Å². The van der Waals surface area contributed by atoms with Gasteiger partial charge < -0.3 is 5.11 Å². The van der Waals surface area contributed by atoms with E-state index in [1.165, 1.54) is 17.0 Å². The average molecular weight is 692 g/mol. The molecule has 7 nitrogen and oxygen atoms in total. The van der Waals surface area contributed by atoms with Crippen LogP contribution in [0.4, 0.5) is 15.8 Å². The van der Waals surface area contributed by atoms with Crippen LogP contribution in [0.5, 0.6) is 5.75 Å². The number of halogens is 3. The van der Waals surface area contributed by atoms with Crippen LogP contribution in [0.3, 0.4) is 0 Å². The average Bonchev–Trinajstić information content (AvgIpc) is 3.37. The van der Waals surface area contributed by atoms with Gasteiger partial charge >= 0.3 is 0 Å². The maximum atomic E-state index is 14.5. The van der Waals surface area contributed by atoms with Crippen LogP contribution in [0.2, 0.25) is 5.02 Å². The van der Waals surface area contributed by atoms with Crippen LogP contribution < -0.4 is 9.80 Å². The monoisotopic (exact) mass is 690 g/mol. The highest BCUT2D eigenvalue weighted by molar-refractivity contribution is 9.10. The predicted molar refractivity (Wildman–Crippen MR) is 170 cm³/mol. The van der Waals surface area contributed by atoms with Crippen LogP contribution in [0.1, 0.15) is 42.4 Å².